The predicted octanol–water partition coefficient (Wildman–Crippen LogP) is 5.47. The molecule has 0 saturated heterocycles. The molecule has 6 nitrogen and oxygen atoms in total. The molecule has 0 fully saturated rings. The molecule has 3 aromatic rings. The third kappa shape index (κ3) is 5.66. The van der Waals surface area contributed by atoms with Crippen molar-refractivity contribution in [3.63, 3.8) is 0 Å². The molecule has 0 saturated carbocycles. The van der Waals surface area contributed by atoms with Gasteiger partial charge >= 0.3 is 0 Å². The van der Waals surface area contributed by atoms with E-state index in [-0.39, 0.29) is 17.6 Å². The summed E-state index contributed by atoms with van der Waals surface area (Å²) in [7, 11) is 3.10. The first-order valence-corrected chi connectivity index (χ1v) is 11.8. The lowest BCUT2D eigenvalue weighted by molar-refractivity contribution is -0.114. The number of anilines is 1. The number of hydrogen-bond donors (Lipinski definition) is 0. The number of carbonyl (C=O) groups excluding carboxylic acids is 2. The molecule has 0 bridgehead atoms. The third-order valence-electron chi connectivity index (χ3n) is 6.15. The second-order valence-electron chi connectivity index (χ2n) is 8.57. The van der Waals surface area contributed by atoms with E-state index >= 15 is 0 Å². The molecule has 0 aromatic heterocycles. The van der Waals surface area contributed by atoms with Crippen LogP contribution >= 0.6 is 0 Å². The van der Waals surface area contributed by atoms with Crippen molar-refractivity contribution in [2.45, 2.75) is 13.5 Å². The number of amides is 1. The van der Waals surface area contributed by atoms with E-state index in [1.54, 1.807) is 44.2 Å². The summed E-state index contributed by atoms with van der Waals surface area (Å²) in [4.78, 5) is 30.1. The van der Waals surface area contributed by atoms with Crippen molar-refractivity contribution in [3.8, 4) is 11.5 Å². The average molecular weight is 483 g/mol. The first-order chi connectivity index (χ1) is 17.5. The fourth-order valence-electron chi connectivity index (χ4n) is 4.27. The molecule has 6 heteroatoms. The van der Waals surface area contributed by atoms with Gasteiger partial charge in [-0.1, -0.05) is 54.6 Å². The van der Waals surface area contributed by atoms with Crippen molar-refractivity contribution in [1.29, 1.82) is 0 Å². The Morgan fingerprint density at radius 2 is 1.56 bits per heavy atom. The van der Waals surface area contributed by atoms with Crippen LogP contribution in [0.4, 0.5) is 5.69 Å². The Morgan fingerprint density at radius 1 is 0.889 bits per heavy atom. The third-order valence-corrected chi connectivity index (χ3v) is 6.15. The molecule has 1 unspecified atom stereocenters. The number of Topliss-reactive ketones (excluding diaryl/α,β-unsaturated/α-hetero) is 1. The summed E-state index contributed by atoms with van der Waals surface area (Å²) in [5, 5.41) is 0. The Bertz CT molecular complexity index is 1270. The van der Waals surface area contributed by atoms with Gasteiger partial charge < -0.3 is 19.3 Å². The van der Waals surface area contributed by atoms with E-state index in [0.29, 0.717) is 35.7 Å². The van der Waals surface area contributed by atoms with Crippen LogP contribution in [0.5, 0.6) is 11.5 Å². The van der Waals surface area contributed by atoms with Gasteiger partial charge in [0.1, 0.15) is 0 Å². The average Bonchev–Trinajstić information content (AvgIpc) is 2.92. The lowest BCUT2D eigenvalue weighted by Gasteiger charge is -2.31. The molecule has 1 aliphatic rings. The Balaban J connectivity index is 1.63. The highest BCUT2D eigenvalue weighted by Crippen LogP contribution is 2.30. The van der Waals surface area contributed by atoms with Gasteiger partial charge in [-0.25, -0.2) is 0 Å². The minimum atomic E-state index is -0.251. The van der Waals surface area contributed by atoms with Crippen molar-refractivity contribution in [3.05, 3.63) is 114 Å². The van der Waals surface area contributed by atoms with Crippen molar-refractivity contribution >= 4 is 17.4 Å². The van der Waals surface area contributed by atoms with Gasteiger partial charge in [0, 0.05) is 48.2 Å². The summed E-state index contributed by atoms with van der Waals surface area (Å²) >= 11 is 0. The van der Waals surface area contributed by atoms with Crippen LogP contribution in [0, 0.1) is 5.92 Å². The molecule has 0 N–H and O–H groups in total. The predicted molar refractivity (Wildman–Crippen MR) is 141 cm³/mol. The van der Waals surface area contributed by atoms with E-state index < -0.39 is 0 Å². The molecule has 36 heavy (non-hydrogen) atoms. The molecule has 1 aliphatic heterocycles. The van der Waals surface area contributed by atoms with E-state index in [4.69, 9.17) is 9.47 Å². The number of hydrogen-bond acceptors (Lipinski definition) is 5. The van der Waals surface area contributed by atoms with E-state index in [1.165, 1.54) is 0 Å². The van der Waals surface area contributed by atoms with E-state index in [9.17, 15) is 9.59 Å². The van der Waals surface area contributed by atoms with Crippen LogP contribution in [-0.4, -0.2) is 37.4 Å². The molecular weight excluding hydrogens is 452 g/mol. The Labute approximate surface area is 212 Å². The van der Waals surface area contributed by atoms with Gasteiger partial charge in [-0.2, -0.15) is 0 Å². The van der Waals surface area contributed by atoms with Crippen LogP contribution in [0.1, 0.15) is 22.8 Å². The summed E-state index contributed by atoms with van der Waals surface area (Å²) in [6.45, 7) is 2.55. The minimum absolute atomic E-state index is 0.0195. The van der Waals surface area contributed by atoms with E-state index in [0.717, 1.165) is 11.3 Å². The molecule has 1 amide bonds. The second kappa shape index (κ2) is 11.4. The Kier molecular flexibility index (Phi) is 7.85. The number of para-hydroxylation sites is 1. The number of ether oxygens (including phenoxy) is 2. The fraction of sp³-hybridized carbons (Fsp3) is 0.200. The normalized spacial score (nSPS) is 14.7. The van der Waals surface area contributed by atoms with Crippen LogP contribution in [0.3, 0.4) is 0 Å². The van der Waals surface area contributed by atoms with Gasteiger partial charge in [-0.05, 0) is 42.8 Å². The van der Waals surface area contributed by atoms with Crippen LogP contribution in [0.15, 0.2) is 103 Å². The van der Waals surface area contributed by atoms with E-state index in [1.807, 2.05) is 71.9 Å². The van der Waals surface area contributed by atoms with Crippen molar-refractivity contribution < 1.29 is 19.1 Å². The highest BCUT2D eigenvalue weighted by atomic mass is 16.5. The number of carbonyl (C=O) groups is 2. The molecular formula is C30H30N2O4. The molecule has 1 heterocycles. The van der Waals surface area contributed by atoms with Crippen LogP contribution < -0.4 is 14.4 Å². The SMILES string of the molecule is COc1ccc(C(=O)N(CC2C=CN(Cc3ccccc3)C=C2C(C)=O)c2ccccc2)cc1OC. The maximum absolute atomic E-state index is 13.8. The first-order valence-electron chi connectivity index (χ1n) is 11.8. The maximum Gasteiger partial charge on any atom is 0.258 e. The topological polar surface area (TPSA) is 59.1 Å². The minimum Gasteiger partial charge on any atom is -0.493 e. The first kappa shape index (κ1) is 24.8. The second-order valence-corrected chi connectivity index (χ2v) is 8.57. The molecule has 0 aliphatic carbocycles. The molecule has 1 atom stereocenters. The zero-order valence-electron chi connectivity index (χ0n) is 20.8. The van der Waals surface area contributed by atoms with Crippen molar-refractivity contribution in [1.82, 2.24) is 4.90 Å². The van der Waals surface area contributed by atoms with Crippen LogP contribution in [0.25, 0.3) is 0 Å². The van der Waals surface area contributed by atoms with Gasteiger partial charge in [0.2, 0.25) is 0 Å². The molecule has 0 radical (unpaired) electrons. The summed E-state index contributed by atoms with van der Waals surface area (Å²) in [6.07, 6.45) is 5.87. The lowest BCUT2D eigenvalue weighted by Crippen LogP contribution is -2.37. The van der Waals surface area contributed by atoms with Gasteiger partial charge in [0.05, 0.1) is 14.2 Å². The zero-order valence-corrected chi connectivity index (χ0v) is 20.8. The lowest BCUT2D eigenvalue weighted by atomic mass is 9.93. The number of methoxy groups -OCH3 is 2. The highest BCUT2D eigenvalue weighted by molar-refractivity contribution is 6.06. The fourth-order valence-corrected chi connectivity index (χ4v) is 4.27. The Hall–Kier alpha value is -4.32. The molecule has 4 rings (SSSR count). The van der Waals surface area contributed by atoms with Gasteiger partial charge in [-0.3, -0.25) is 9.59 Å². The summed E-state index contributed by atoms with van der Waals surface area (Å²) in [5.41, 5.74) is 3.03. The zero-order chi connectivity index (χ0) is 25.5. The number of rotatable bonds is 9. The molecule has 184 valence electrons. The van der Waals surface area contributed by atoms with Crippen LogP contribution in [0.2, 0.25) is 0 Å². The number of benzene rings is 3. The number of nitrogens with zero attached hydrogens (tertiary/aromatic N) is 2. The van der Waals surface area contributed by atoms with Crippen molar-refractivity contribution in [2.24, 2.45) is 5.92 Å². The van der Waals surface area contributed by atoms with Gasteiger partial charge in [0.25, 0.3) is 5.91 Å². The Morgan fingerprint density at radius 3 is 2.19 bits per heavy atom. The summed E-state index contributed by atoms with van der Waals surface area (Å²) in [6, 6.07) is 24.7. The largest absolute Gasteiger partial charge is 0.493 e. The number of ketones is 1. The van der Waals surface area contributed by atoms with Gasteiger partial charge in [-0.15, -0.1) is 0 Å². The van der Waals surface area contributed by atoms with Crippen LogP contribution in [-0.2, 0) is 11.3 Å². The molecule has 3 aromatic carbocycles. The standard InChI is InChI=1S/C30H30N2O4/c1-22(33)27-21-31(19-23-10-6-4-7-11-23)17-16-25(27)20-32(26-12-8-5-9-13-26)30(34)24-14-15-28(35-2)29(18-24)36-3/h4-18,21,25H,19-20H2,1-3H3. The molecule has 0 spiro atoms. The monoisotopic (exact) mass is 482 g/mol. The maximum atomic E-state index is 13.8. The summed E-state index contributed by atoms with van der Waals surface area (Å²) < 4.78 is 10.7. The quantitative estimate of drug-likeness (QED) is 0.405. The summed E-state index contributed by atoms with van der Waals surface area (Å²) in [5.74, 6) is 0.573. The van der Waals surface area contributed by atoms with Gasteiger partial charge in [0.15, 0.2) is 17.3 Å². The highest BCUT2D eigenvalue weighted by Gasteiger charge is 2.27. The smallest absolute Gasteiger partial charge is 0.258 e. The van der Waals surface area contributed by atoms with Crippen molar-refractivity contribution in [2.75, 3.05) is 25.7 Å². The van der Waals surface area contributed by atoms with E-state index in [2.05, 4.69) is 12.1 Å².